The van der Waals surface area contributed by atoms with E-state index in [1.807, 2.05) is 0 Å². The molecule has 0 radical (unpaired) electrons. The van der Waals surface area contributed by atoms with E-state index >= 15 is 0 Å². The highest BCUT2D eigenvalue weighted by atomic mass is 15.2. The van der Waals surface area contributed by atoms with Gasteiger partial charge in [-0.05, 0) is 172 Å². The number of rotatable bonds is 14. The van der Waals surface area contributed by atoms with Gasteiger partial charge in [0.2, 0.25) is 0 Å². The summed E-state index contributed by atoms with van der Waals surface area (Å²) in [6, 6.07) is 146. The van der Waals surface area contributed by atoms with Crippen LogP contribution in [0.2, 0.25) is 0 Å². The molecule has 0 bridgehead atoms. The van der Waals surface area contributed by atoms with Crippen LogP contribution in [0, 0.1) is 0 Å². The number of nitrogens with zero attached hydrogens (tertiary/aromatic N) is 2. The first-order valence-corrected chi connectivity index (χ1v) is 36.2. The molecule has 496 valence electrons. The quantitative estimate of drug-likeness (QED) is 0.107. The molecule has 16 aromatic rings. The molecule has 16 aromatic carbocycles. The largest absolute Gasteiger partial charge is 0.309 e. The van der Waals surface area contributed by atoms with Crippen molar-refractivity contribution in [3.63, 3.8) is 0 Å². The first kappa shape index (κ1) is 64.5. The molecule has 0 fully saturated rings. The molecule has 2 aliphatic rings. The monoisotopic (exact) mass is 1330 g/mol. The average Bonchev–Trinajstić information content (AvgIpc) is 1.58. The smallest absolute Gasteiger partial charge is 0.0540 e. The van der Waals surface area contributed by atoms with Crippen LogP contribution < -0.4 is 9.80 Å². The molecule has 2 heteroatoms. The van der Waals surface area contributed by atoms with Crippen LogP contribution in [0.15, 0.2) is 400 Å². The Kier molecular flexibility index (Phi) is 17.1. The van der Waals surface area contributed by atoms with E-state index in [1.165, 1.54) is 134 Å². The number of hydrogen-bond donors (Lipinski definition) is 0. The van der Waals surface area contributed by atoms with Crippen molar-refractivity contribution in [3.8, 4) is 111 Å². The third-order valence-corrected chi connectivity index (χ3v) is 21.4. The van der Waals surface area contributed by atoms with Crippen LogP contribution in [0.25, 0.3) is 111 Å². The second kappa shape index (κ2) is 27.6. The molecule has 0 atom stereocenters. The van der Waals surface area contributed by atoms with Gasteiger partial charge in [-0.15, -0.1) is 0 Å². The Morgan fingerprint density at radius 1 is 0.154 bits per heavy atom. The van der Waals surface area contributed by atoms with E-state index in [1.54, 1.807) is 0 Å². The molecule has 0 aromatic heterocycles. The van der Waals surface area contributed by atoms with Crippen molar-refractivity contribution in [1.82, 2.24) is 0 Å². The summed E-state index contributed by atoms with van der Waals surface area (Å²) < 4.78 is 0. The zero-order chi connectivity index (χ0) is 70.1. The summed E-state index contributed by atoms with van der Waals surface area (Å²) in [5, 5.41) is 0. The minimum atomic E-state index is -0.125. The molecular formula is C102H78N2. The van der Waals surface area contributed by atoms with Crippen molar-refractivity contribution < 1.29 is 0 Å². The minimum Gasteiger partial charge on any atom is -0.309 e. The fourth-order valence-electron chi connectivity index (χ4n) is 16.0. The first-order valence-electron chi connectivity index (χ1n) is 36.2. The molecule has 2 aliphatic carbocycles. The normalized spacial score (nSPS) is 12.6. The Hall–Kier alpha value is -12.9. The summed E-state index contributed by atoms with van der Waals surface area (Å²) in [6.45, 7) is 9.43. The molecule has 0 amide bonds. The highest BCUT2D eigenvalue weighted by Gasteiger charge is 2.38. The lowest BCUT2D eigenvalue weighted by atomic mass is 9.82. The zero-order valence-electron chi connectivity index (χ0n) is 59.0. The van der Waals surface area contributed by atoms with Crippen LogP contribution in [0.3, 0.4) is 0 Å². The summed E-state index contributed by atoms with van der Waals surface area (Å²) in [4.78, 5) is 4.96. The Labute approximate surface area is 612 Å². The third kappa shape index (κ3) is 12.1. The van der Waals surface area contributed by atoms with Gasteiger partial charge in [-0.25, -0.2) is 0 Å². The van der Waals surface area contributed by atoms with E-state index in [0.29, 0.717) is 0 Å². The van der Waals surface area contributed by atoms with Crippen molar-refractivity contribution in [1.29, 1.82) is 0 Å². The number of para-hydroxylation sites is 3. The van der Waals surface area contributed by atoms with Crippen molar-refractivity contribution >= 4 is 34.1 Å². The van der Waals surface area contributed by atoms with Gasteiger partial charge in [-0.2, -0.15) is 0 Å². The molecule has 0 N–H and O–H groups in total. The van der Waals surface area contributed by atoms with Crippen LogP contribution in [-0.2, 0) is 10.8 Å². The molecule has 0 saturated heterocycles. The van der Waals surface area contributed by atoms with Gasteiger partial charge in [0.25, 0.3) is 0 Å². The standard InChI is InChI=1S/2C51H39N/c1-51(2)47-24-14-12-23-44(47)45-32-31-42(35-48(45)51)52(49-25-15-13-22-43(49)40-28-26-38(27-29-40)36-16-6-3-7-17-36)50-33-30-41(37-18-8-4-9-19-37)34-46(50)39-20-10-5-11-21-39;1-51(2)47-25-12-9-24-45(47)46-33-32-42(35-48(46)51)52(49-26-13-10-22-43(49)39-30-28-38(29-31-39)36-16-5-3-6-17-36)50-27-14-11-23-44(50)41-21-15-20-40(34-41)37-18-7-4-8-19-37/h2*3-35H,1-2H3. The second-order valence-corrected chi connectivity index (χ2v) is 28.3. The van der Waals surface area contributed by atoms with Gasteiger partial charge in [-0.1, -0.05) is 367 Å². The van der Waals surface area contributed by atoms with Gasteiger partial charge in [0.1, 0.15) is 0 Å². The van der Waals surface area contributed by atoms with Crippen LogP contribution in [0.5, 0.6) is 0 Å². The molecule has 0 saturated carbocycles. The molecular weight excluding hydrogens is 1250 g/mol. The molecule has 0 aliphatic heterocycles. The fourth-order valence-corrected chi connectivity index (χ4v) is 16.0. The van der Waals surface area contributed by atoms with Gasteiger partial charge in [0.05, 0.1) is 22.7 Å². The minimum absolute atomic E-state index is 0.121. The molecule has 0 spiro atoms. The van der Waals surface area contributed by atoms with Crippen LogP contribution in [0.4, 0.5) is 34.1 Å². The number of benzene rings is 16. The SMILES string of the molecule is CC1(C)c2ccccc2-c2ccc(N(c3ccccc3-c3ccc(-c4ccccc4)cc3)c3ccc(-c4ccccc4)cc3-c3ccccc3)cc21.CC1(C)c2ccccc2-c2ccc(N(c3ccccc3-c3ccc(-c4ccccc4)cc3)c3ccccc3-c3cccc(-c4ccccc4)c3)cc21. The van der Waals surface area contributed by atoms with Gasteiger partial charge in [0, 0.05) is 44.5 Å². The van der Waals surface area contributed by atoms with Crippen LogP contribution >= 0.6 is 0 Å². The highest BCUT2D eigenvalue weighted by molar-refractivity contribution is 5.98. The summed E-state index contributed by atoms with van der Waals surface area (Å²) in [6.07, 6.45) is 0. The van der Waals surface area contributed by atoms with Gasteiger partial charge >= 0.3 is 0 Å². The van der Waals surface area contributed by atoms with E-state index in [4.69, 9.17) is 0 Å². The van der Waals surface area contributed by atoms with E-state index in [0.717, 1.165) is 34.1 Å². The maximum Gasteiger partial charge on any atom is 0.0540 e. The Morgan fingerprint density at radius 3 is 0.827 bits per heavy atom. The first-order chi connectivity index (χ1) is 51.1. The van der Waals surface area contributed by atoms with Crippen molar-refractivity contribution in [2.24, 2.45) is 0 Å². The highest BCUT2D eigenvalue weighted by Crippen LogP contribution is 2.55. The van der Waals surface area contributed by atoms with Crippen molar-refractivity contribution in [2.45, 2.75) is 38.5 Å². The summed E-state index contributed by atoms with van der Waals surface area (Å²) in [7, 11) is 0. The summed E-state index contributed by atoms with van der Waals surface area (Å²) >= 11 is 0. The lowest BCUT2D eigenvalue weighted by Gasteiger charge is -2.31. The van der Waals surface area contributed by atoms with Gasteiger partial charge in [0.15, 0.2) is 0 Å². The van der Waals surface area contributed by atoms with Crippen molar-refractivity contribution in [3.05, 3.63) is 423 Å². The van der Waals surface area contributed by atoms with Gasteiger partial charge < -0.3 is 9.80 Å². The Bertz CT molecular complexity index is 5760. The molecule has 2 nitrogen and oxygen atoms in total. The van der Waals surface area contributed by atoms with Crippen molar-refractivity contribution in [2.75, 3.05) is 9.80 Å². The lowest BCUT2D eigenvalue weighted by Crippen LogP contribution is -2.17. The van der Waals surface area contributed by atoms with Crippen LogP contribution in [-0.4, -0.2) is 0 Å². The number of fused-ring (bicyclic) bond motifs is 6. The van der Waals surface area contributed by atoms with Gasteiger partial charge in [-0.3, -0.25) is 0 Å². The predicted molar refractivity (Wildman–Crippen MR) is 441 cm³/mol. The average molecular weight is 1330 g/mol. The Balaban J connectivity index is 0.000000154. The second-order valence-electron chi connectivity index (χ2n) is 28.3. The number of anilines is 6. The van der Waals surface area contributed by atoms with E-state index in [-0.39, 0.29) is 10.8 Å². The van der Waals surface area contributed by atoms with Crippen LogP contribution in [0.1, 0.15) is 49.9 Å². The predicted octanol–water partition coefficient (Wildman–Crippen LogP) is 28.3. The van der Waals surface area contributed by atoms with E-state index in [2.05, 4.69) is 438 Å². The zero-order valence-corrected chi connectivity index (χ0v) is 59.0. The van der Waals surface area contributed by atoms with E-state index < -0.39 is 0 Å². The topological polar surface area (TPSA) is 6.48 Å². The maximum absolute atomic E-state index is 2.48. The molecule has 18 rings (SSSR count). The third-order valence-electron chi connectivity index (χ3n) is 21.4. The summed E-state index contributed by atoms with van der Waals surface area (Å²) in [5.74, 6) is 0. The maximum atomic E-state index is 2.48. The lowest BCUT2D eigenvalue weighted by molar-refractivity contribution is 0.660. The molecule has 104 heavy (non-hydrogen) atoms. The molecule has 0 unspecified atom stereocenters. The fraction of sp³-hybridized carbons (Fsp3) is 0.0588. The summed E-state index contributed by atoms with van der Waals surface area (Å²) in [5.41, 5.74) is 36.4. The number of hydrogen-bond acceptors (Lipinski definition) is 2. The van der Waals surface area contributed by atoms with E-state index in [9.17, 15) is 0 Å². The Morgan fingerprint density at radius 2 is 0.413 bits per heavy atom. The molecule has 0 heterocycles.